The molecule has 0 unspecified atom stereocenters. The molecule has 8 nitrogen and oxygen atoms in total. The molecule has 4 N–H and O–H groups in total. The summed E-state index contributed by atoms with van der Waals surface area (Å²) in [6.45, 7) is 3.69. The molecule has 2 amide bonds. The smallest absolute Gasteiger partial charge is 0.244 e. The maximum atomic E-state index is 12.4. The van der Waals surface area contributed by atoms with Crippen LogP contribution >= 0.6 is 0 Å². The van der Waals surface area contributed by atoms with E-state index in [0.717, 1.165) is 38.0 Å². The Hall–Kier alpha value is -2.19. The molecular weight excluding hydrogens is 358 g/mol. The summed E-state index contributed by atoms with van der Waals surface area (Å²) < 4.78 is 0. The van der Waals surface area contributed by atoms with E-state index in [0.29, 0.717) is 25.3 Å². The number of amides is 2. The fourth-order valence-electron chi connectivity index (χ4n) is 4.73. The largest absolute Gasteiger partial charge is 0.391 e. The lowest BCUT2D eigenvalue weighted by atomic mass is 9.83. The molecule has 8 heteroatoms. The van der Waals surface area contributed by atoms with Gasteiger partial charge < -0.3 is 15.7 Å². The predicted molar refractivity (Wildman–Crippen MR) is 103 cm³/mol. The van der Waals surface area contributed by atoms with Crippen LogP contribution in [0.1, 0.15) is 31.2 Å². The number of aliphatic hydroxyl groups is 1. The molecule has 152 valence electrons. The molecule has 0 radical (unpaired) electrons. The van der Waals surface area contributed by atoms with Gasteiger partial charge in [0.05, 0.1) is 24.8 Å². The fraction of sp³-hybridized carbons (Fsp3) is 0.650. The molecule has 28 heavy (non-hydrogen) atoms. The van der Waals surface area contributed by atoms with Crippen LogP contribution in [0.15, 0.2) is 24.0 Å². The molecule has 1 aliphatic carbocycles. The molecule has 1 saturated carbocycles. The van der Waals surface area contributed by atoms with Crippen LogP contribution in [0.3, 0.4) is 0 Å². The zero-order chi connectivity index (χ0) is 19.5. The molecule has 5 rings (SSSR count). The summed E-state index contributed by atoms with van der Waals surface area (Å²) in [5, 5.41) is 22.7. The Morgan fingerprint density at radius 1 is 1.32 bits per heavy atom. The molecule has 1 aromatic heterocycles. The first-order valence-corrected chi connectivity index (χ1v) is 10.2. The van der Waals surface area contributed by atoms with E-state index >= 15 is 0 Å². The number of aromatic nitrogens is 2. The van der Waals surface area contributed by atoms with Gasteiger partial charge in [-0.2, -0.15) is 5.10 Å². The standard InChI is InChI=1S/C20H29N5O3/c26-18-6-13(9-21-19(27)7-14-10-22-23-11-14)5-17(18)24-20(28)8-16-12-25-3-1-15(16)2-4-25/h8,10-11,13,15,17-18,26H,1-7,9,12H2,(H,21,27)(H,22,23)(H,24,28)/b16-8-/t13-,17+,18+/m0/s1. The summed E-state index contributed by atoms with van der Waals surface area (Å²) in [4.78, 5) is 26.8. The van der Waals surface area contributed by atoms with Crippen molar-refractivity contribution in [1.29, 1.82) is 0 Å². The van der Waals surface area contributed by atoms with E-state index < -0.39 is 6.10 Å². The lowest BCUT2D eigenvalue weighted by Crippen LogP contribution is -2.44. The van der Waals surface area contributed by atoms with Crippen LogP contribution in [-0.2, 0) is 16.0 Å². The van der Waals surface area contributed by atoms with Crippen molar-refractivity contribution in [3.63, 3.8) is 0 Å². The highest BCUT2D eigenvalue weighted by atomic mass is 16.3. The number of hydrogen-bond donors (Lipinski definition) is 4. The third kappa shape index (κ3) is 4.62. The number of nitrogens with one attached hydrogen (secondary N) is 3. The first-order chi connectivity index (χ1) is 13.6. The van der Waals surface area contributed by atoms with Gasteiger partial charge in [0.25, 0.3) is 0 Å². The zero-order valence-electron chi connectivity index (χ0n) is 16.1. The van der Waals surface area contributed by atoms with Crippen LogP contribution in [0.4, 0.5) is 0 Å². The van der Waals surface area contributed by atoms with E-state index in [-0.39, 0.29) is 30.2 Å². The lowest BCUT2D eigenvalue weighted by Gasteiger charge is -2.41. The molecule has 4 heterocycles. The van der Waals surface area contributed by atoms with E-state index in [1.54, 1.807) is 18.5 Å². The number of carbonyl (C=O) groups is 2. The summed E-state index contributed by atoms with van der Waals surface area (Å²) in [6.07, 6.45) is 8.37. The molecule has 3 atom stereocenters. The monoisotopic (exact) mass is 387 g/mol. The second kappa shape index (κ2) is 8.45. The Labute approximate surface area is 164 Å². The molecule has 0 aromatic carbocycles. The maximum Gasteiger partial charge on any atom is 0.244 e. The average Bonchev–Trinajstić information content (AvgIpc) is 3.31. The van der Waals surface area contributed by atoms with Crippen LogP contribution in [0, 0.1) is 11.8 Å². The quantitative estimate of drug-likeness (QED) is 0.513. The Kier molecular flexibility index (Phi) is 5.77. The summed E-state index contributed by atoms with van der Waals surface area (Å²) in [5.41, 5.74) is 2.07. The summed E-state index contributed by atoms with van der Waals surface area (Å²) in [5.74, 6) is 0.549. The third-order valence-electron chi connectivity index (χ3n) is 6.30. The van der Waals surface area contributed by atoms with E-state index in [9.17, 15) is 14.7 Å². The maximum absolute atomic E-state index is 12.4. The topological polar surface area (TPSA) is 110 Å². The predicted octanol–water partition coefficient (Wildman–Crippen LogP) is -0.0239. The number of aromatic amines is 1. The second-order valence-corrected chi connectivity index (χ2v) is 8.38. The normalized spacial score (nSPS) is 33.2. The summed E-state index contributed by atoms with van der Waals surface area (Å²) in [7, 11) is 0. The highest BCUT2D eigenvalue weighted by Crippen LogP contribution is 2.31. The van der Waals surface area contributed by atoms with E-state index in [2.05, 4.69) is 25.7 Å². The van der Waals surface area contributed by atoms with Crippen molar-refractivity contribution in [2.75, 3.05) is 26.2 Å². The van der Waals surface area contributed by atoms with Crippen LogP contribution in [-0.4, -0.2) is 70.3 Å². The Morgan fingerprint density at radius 2 is 2.14 bits per heavy atom. The van der Waals surface area contributed by atoms with Gasteiger partial charge in [-0.15, -0.1) is 0 Å². The van der Waals surface area contributed by atoms with Gasteiger partial charge in [0.15, 0.2) is 0 Å². The van der Waals surface area contributed by atoms with Gasteiger partial charge in [-0.3, -0.25) is 19.6 Å². The highest BCUT2D eigenvalue weighted by Gasteiger charge is 2.34. The van der Waals surface area contributed by atoms with Crippen LogP contribution in [0.5, 0.6) is 0 Å². The Bertz CT molecular complexity index is 724. The molecule has 2 bridgehead atoms. The third-order valence-corrected chi connectivity index (χ3v) is 6.30. The van der Waals surface area contributed by atoms with Crippen molar-refractivity contribution < 1.29 is 14.7 Å². The number of carbonyl (C=O) groups excluding carboxylic acids is 2. The first kappa shape index (κ1) is 19.1. The van der Waals surface area contributed by atoms with Gasteiger partial charge in [0.2, 0.25) is 11.8 Å². The van der Waals surface area contributed by atoms with Crippen molar-refractivity contribution in [3.05, 3.63) is 29.6 Å². The van der Waals surface area contributed by atoms with E-state index in [1.807, 2.05) is 0 Å². The second-order valence-electron chi connectivity index (χ2n) is 8.38. The number of H-pyrrole nitrogens is 1. The van der Waals surface area contributed by atoms with Gasteiger partial charge >= 0.3 is 0 Å². The van der Waals surface area contributed by atoms with Crippen molar-refractivity contribution >= 4 is 11.8 Å². The van der Waals surface area contributed by atoms with Crippen molar-refractivity contribution in [3.8, 4) is 0 Å². The Balaban J connectivity index is 1.22. The van der Waals surface area contributed by atoms with Gasteiger partial charge in [-0.1, -0.05) is 0 Å². The fourth-order valence-corrected chi connectivity index (χ4v) is 4.73. The minimum Gasteiger partial charge on any atom is -0.391 e. The van der Waals surface area contributed by atoms with Crippen LogP contribution < -0.4 is 10.6 Å². The molecule has 4 fully saturated rings. The first-order valence-electron chi connectivity index (χ1n) is 10.2. The summed E-state index contributed by atoms with van der Waals surface area (Å²) in [6, 6.07) is -0.249. The number of aliphatic hydroxyl groups excluding tert-OH is 1. The van der Waals surface area contributed by atoms with Crippen molar-refractivity contribution in [2.24, 2.45) is 11.8 Å². The van der Waals surface area contributed by atoms with Gasteiger partial charge in [0.1, 0.15) is 0 Å². The van der Waals surface area contributed by atoms with Gasteiger partial charge in [0, 0.05) is 25.4 Å². The minimum atomic E-state index is -0.565. The van der Waals surface area contributed by atoms with Gasteiger partial charge in [-0.25, -0.2) is 0 Å². The van der Waals surface area contributed by atoms with Crippen molar-refractivity contribution in [1.82, 2.24) is 25.7 Å². The minimum absolute atomic E-state index is 0.0598. The lowest BCUT2D eigenvalue weighted by molar-refractivity contribution is -0.120. The number of piperidine rings is 3. The molecular formula is C20H29N5O3. The molecule has 0 spiro atoms. The number of rotatable bonds is 6. The van der Waals surface area contributed by atoms with E-state index in [1.165, 1.54) is 5.57 Å². The molecule has 3 aliphatic heterocycles. The number of fused-ring (bicyclic) bond motifs is 3. The van der Waals surface area contributed by atoms with Crippen molar-refractivity contribution in [2.45, 2.75) is 44.2 Å². The van der Waals surface area contributed by atoms with Crippen LogP contribution in [0.25, 0.3) is 0 Å². The Morgan fingerprint density at radius 3 is 2.82 bits per heavy atom. The number of nitrogens with zero attached hydrogens (tertiary/aromatic N) is 2. The summed E-state index contributed by atoms with van der Waals surface area (Å²) >= 11 is 0. The molecule has 4 aliphatic rings. The molecule has 3 saturated heterocycles. The van der Waals surface area contributed by atoms with Gasteiger partial charge in [-0.05, 0) is 61.7 Å². The SMILES string of the molecule is O=C(/C=C1/CN2CCC1CC2)N[C@@H]1C[C@H](CNC(=O)Cc2cn[nH]c2)C[C@H]1O. The average molecular weight is 387 g/mol. The van der Waals surface area contributed by atoms with E-state index in [4.69, 9.17) is 0 Å². The highest BCUT2D eigenvalue weighted by molar-refractivity contribution is 5.88. The number of hydrogen-bond acceptors (Lipinski definition) is 5. The zero-order valence-corrected chi connectivity index (χ0v) is 16.1. The van der Waals surface area contributed by atoms with Crippen LogP contribution in [0.2, 0.25) is 0 Å². The molecule has 1 aromatic rings.